The van der Waals surface area contributed by atoms with Crippen LogP contribution in [0.2, 0.25) is 0 Å². The number of primary amides is 1. The molecule has 6 heteroatoms. The number of amides is 3. The predicted molar refractivity (Wildman–Crippen MR) is 82.4 cm³/mol. The third kappa shape index (κ3) is 4.44. The number of hydrogen-bond donors (Lipinski definition) is 3. The minimum atomic E-state index is -0.787. The summed E-state index contributed by atoms with van der Waals surface area (Å²) >= 11 is 0. The molecule has 1 saturated heterocycles. The zero-order valence-corrected chi connectivity index (χ0v) is 12.1. The van der Waals surface area contributed by atoms with Crippen LogP contribution >= 0.6 is 0 Å². The molecular weight excluding hydrogens is 282 g/mol. The van der Waals surface area contributed by atoms with Crippen LogP contribution in [0.15, 0.2) is 36.4 Å². The standard InChI is InChI=1S/C16H19N3O3/c17-15(21)12(8-4-7-11-5-2-1-3-6-11)19-16(22)13-9-10-14(20)18-13/h1-7,12-13H,8-10H2,(H2,17,21)(H,18,20)(H,19,22)/b7-4+/t12-,13-/m1/s1. The van der Waals surface area contributed by atoms with Gasteiger partial charge in [0.25, 0.3) is 0 Å². The van der Waals surface area contributed by atoms with Gasteiger partial charge < -0.3 is 16.4 Å². The molecule has 1 aromatic rings. The average molecular weight is 301 g/mol. The summed E-state index contributed by atoms with van der Waals surface area (Å²) < 4.78 is 0. The van der Waals surface area contributed by atoms with Gasteiger partial charge in [-0.1, -0.05) is 42.5 Å². The molecule has 1 aliphatic rings. The van der Waals surface area contributed by atoms with Crippen LogP contribution in [0.3, 0.4) is 0 Å². The van der Waals surface area contributed by atoms with Gasteiger partial charge in [-0.25, -0.2) is 0 Å². The van der Waals surface area contributed by atoms with E-state index in [2.05, 4.69) is 10.6 Å². The van der Waals surface area contributed by atoms with E-state index in [1.807, 2.05) is 36.4 Å². The summed E-state index contributed by atoms with van der Waals surface area (Å²) in [6.45, 7) is 0. The zero-order valence-electron chi connectivity index (χ0n) is 12.1. The van der Waals surface area contributed by atoms with E-state index in [4.69, 9.17) is 5.73 Å². The molecule has 6 nitrogen and oxygen atoms in total. The van der Waals surface area contributed by atoms with Crippen molar-refractivity contribution in [3.63, 3.8) is 0 Å². The van der Waals surface area contributed by atoms with Crippen LogP contribution < -0.4 is 16.4 Å². The summed E-state index contributed by atoms with van der Waals surface area (Å²) in [4.78, 5) is 34.5. The molecule has 1 aliphatic heterocycles. The molecule has 1 fully saturated rings. The van der Waals surface area contributed by atoms with Crippen molar-refractivity contribution in [1.29, 1.82) is 0 Å². The number of carbonyl (C=O) groups excluding carboxylic acids is 3. The Morgan fingerprint density at radius 3 is 2.68 bits per heavy atom. The topological polar surface area (TPSA) is 101 Å². The van der Waals surface area contributed by atoms with Gasteiger partial charge in [-0.3, -0.25) is 14.4 Å². The molecule has 0 aromatic heterocycles. The third-order valence-corrected chi connectivity index (χ3v) is 3.45. The van der Waals surface area contributed by atoms with Crippen LogP contribution in [0.25, 0.3) is 6.08 Å². The highest BCUT2D eigenvalue weighted by Crippen LogP contribution is 2.08. The number of hydrogen-bond acceptors (Lipinski definition) is 3. The number of rotatable bonds is 6. The van der Waals surface area contributed by atoms with Gasteiger partial charge in [-0.15, -0.1) is 0 Å². The maximum Gasteiger partial charge on any atom is 0.243 e. The first kappa shape index (κ1) is 15.8. The fourth-order valence-electron chi connectivity index (χ4n) is 2.23. The minimum absolute atomic E-state index is 0.153. The Bertz CT molecular complexity index is 584. The van der Waals surface area contributed by atoms with Crippen molar-refractivity contribution in [3.05, 3.63) is 42.0 Å². The first-order valence-corrected chi connectivity index (χ1v) is 7.17. The lowest BCUT2D eigenvalue weighted by Gasteiger charge is -2.16. The summed E-state index contributed by atoms with van der Waals surface area (Å²) in [7, 11) is 0. The van der Waals surface area contributed by atoms with Gasteiger partial charge in [0.05, 0.1) is 0 Å². The first-order valence-electron chi connectivity index (χ1n) is 7.17. The molecule has 1 heterocycles. The number of nitrogens with two attached hydrogens (primary N) is 1. The van der Waals surface area contributed by atoms with E-state index in [1.54, 1.807) is 6.08 Å². The van der Waals surface area contributed by atoms with Gasteiger partial charge in [0.1, 0.15) is 12.1 Å². The summed E-state index contributed by atoms with van der Waals surface area (Å²) in [5.41, 5.74) is 6.32. The van der Waals surface area contributed by atoms with Crippen molar-refractivity contribution in [2.45, 2.75) is 31.3 Å². The average Bonchev–Trinajstić information content (AvgIpc) is 2.93. The van der Waals surface area contributed by atoms with Crippen LogP contribution in [-0.2, 0) is 14.4 Å². The minimum Gasteiger partial charge on any atom is -0.368 e. The van der Waals surface area contributed by atoms with Crippen molar-refractivity contribution < 1.29 is 14.4 Å². The Kier molecular flexibility index (Phi) is 5.30. The molecule has 0 radical (unpaired) electrons. The molecule has 0 unspecified atom stereocenters. The van der Waals surface area contributed by atoms with Gasteiger partial charge in [-0.05, 0) is 18.4 Å². The normalized spacial score (nSPS) is 18.9. The van der Waals surface area contributed by atoms with E-state index in [0.29, 0.717) is 19.3 Å². The molecule has 2 atom stereocenters. The van der Waals surface area contributed by atoms with Gasteiger partial charge in [0, 0.05) is 6.42 Å². The van der Waals surface area contributed by atoms with Crippen LogP contribution in [0, 0.1) is 0 Å². The van der Waals surface area contributed by atoms with Gasteiger partial charge >= 0.3 is 0 Å². The summed E-state index contributed by atoms with van der Waals surface area (Å²) in [5.74, 6) is -1.13. The Morgan fingerprint density at radius 2 is 2.09 bits per heavy atom. The summed E-state index contributed by atoms with van der Waals surface area (Å²) in [5, 5.41) is 5.14. The highest BCUT2D eigenvalue weighted by molar-refractivity contribution is 5.93. The van der Waals surface area contributed by atoms with Crippen molar-refractivity contribution in [2.75, 3.05) is 0 Å². The molecule has 0 aliphatic carbocycles. The fourth-order valence-corrected chi connectivity index (χ4v) is 2.23. The highest BCUT2D eigenvalue weighted by Gasteiger charge is 2.29. The largest absolute Gasteiger partial charge is 0.368 e. The fraction of sp³-hybridized carbons (Fsp3) is 0.312. The Hall–Kier alpha value is -2.63. The monoisotopic (exact) mass is 301 g/mol. The second-order valence-corrected chi connectivity index (χ2v) is 5.17. The SMILES string of the molecule is NC(=O)[C@@H](C/C=C/c1ccccc1)NC(=O)[C@H]1CCC(=O)N1. The molecule has 0 bridgehead atoms. The van der Waals surface area contributed by atoms with Crippen molar-refractivity contribution in [1.82, 2.24) is 10.6 Å². The van der Waals surface area contributed by atoms with E-state index in [1.165, 1.54) is 0 Å². The molecule has 2 rings (SSSR count). The Labute approximate surface area is 128 Å². The predicted octanol–water partition coefficient (Wildman–Crippen LogP) is 0.339. The molecule has 0 saturated carbocycles. The smallest absolute Gasteiger partial charge is 0.243 e. The van der Waals surface area contributed by atoms with Crippen molar-refractivity contribution in [3.8, 4) is 0 Å². The molecule has 0 spiro atoms. The number of carbonyl (C=O) groups is 3. The lowest BCUT2D eigenvalue weighted by atomic mass is 10.1. The molecule has 22 heavy (non-hydrogen) atoms. The zero-order chi connectivity index (χ0) is 15.9. The van der Waals surface area contributed by atoms with Crippen LogP contribution in [0.1, 0.15) is 24.8 Å². The molecule has 1 aromatic carbocycles. The molecule has 4 N–H and O–H groups in total. The van der Waals surface area contributed by atoms with Gasteiger partial charge in [-0.2, -0.15) is 0 Å². The van der Waals surface area contributed by atoms with Crippen molar-refractivity contribution in [2.24, 2.45) is 5.73 Å². The second-order valence-electron chi connectivity index (χ2n) is 5.17. The number of nitrogens with one attached hydrogen (secondary N) is 2. The molecular formula is C16H19N3O3. The Balaban J connectivity index is 1.90. The maximum absolute atomic E-state index is 12.0. The quantitative estimate of drug-likeness (QED) is 0.706. The lowest BCUT2D eigenvalue weighted by Crippen LogP contribution is -2.50. The van der Waals surface area contributed by atoms with Crippen LogP contribution in [0.5, 0.6) is 0 Å². The Morgan fingerprint density at radius 1 is 1.36 bits per heavy atom. The second kappa shape index (κ2) is 7.40. The third-order valence-electron chi connectivity index (χ3n) is 3.45. The summed E-state index contributed by atoms with van der Waals surface area (Å²) in [6, 6.07) is 8.24. The highest BCUT2D eigenvalue weighted by atomic mass is 16.2. The lowest BCUT2D eigenvalue weighted by molar-refractivity contribution is -0.129. The van der Waals surface area contributed by atoms with Crippen molar-refractivity contribution >= 4 is 23.8 Å². The van der Waals surface area contributed by atoms with E-state index in [9.17, 15) is 14.4 Å². The van der Waals surface area contributed by atoms with Gasteiger partial charge in [0.2, 0.25) is 17.7 Å². The van der Waals surface area contributed by atoms with E-state index < -0.39 is 18.0 Å². The maximum atomic E-state index is 12.0. The van der Waals surface area contributed by atoms with E-state index >= 15 is 0 Å². The summed E-state index contributed by atoms with van der Waals surface area (Å²) in [6.07, 6.45) is 4.72. The number of benzene rings is 1. The van der Waals surface area contributed by atoms with Crippen LogP contribution in [0.4, 0.5) is 0 Å². The molecule has 3 amide bonds. The van der Waals surface area contributed by atoms with E-state index in [0.717, 1.165) is 5.56 Å². The van der Waals surface area contributed by atoms with Gasteiger partial charge in [0.15, 0.2) is 0 Å². The first-order chi connectivity index (χ1) is 10.6. The van der Waals surface area contributed by atoms with E-state index in [-0.39, 0.29) is 11.8 Å². The van der Waals surface area contributed by atoms with Crippen LogP contribution in [-0.4, -0.2) is 29.8 Å². The molecule has 116 valence electrons.